The number of nitrogens with zero attached hydrogens (tertiary/aromatic N) is 2. The lowest BCUT2D eigenvalue weighted by Gasteiger charge is -2.30. The van der Waals surface area contributed by atoms with Gasteiger partial charge in [0.05, 0.1) is 0 Å². The van der Waals surface area contributed by atoms with Crippen molar-refractivity contribution in [2.24, 2.45) is 0 Å². The van der Waals surface area contributed by atoms with Crippen LogP contribution >= 0.6 is 0 Å². The molecule has 1 aliphatic rings. The second-order valence-electron chi connectivity index (χ2n) is 8.07. The molecule has 0 amide bonds. The van der Waals surface area contributed by atoms with Crippen LogP contribution < -0.4 is 0 Å². The van der Waals surface area contributed by atoms with Gasteiger partial charge in [0.25, 0.3) is 0 Å². The molecule has 1 rings (SSSR count). The van der Waals surface area contributed by atoms with Gasteiger partial charge < -0.3 is 9.80 Å². The van der Waals surface area contributed by atoms with Gasteiger partial charge in [0, 0.05) is 26.0 Å². The van der Waals surface area contributed by atoms with Crippen molar-refractivity contribution in [2.75, 3.05) is 13.6 Å². The minimum atomic E-state index is 0.625. The highest BCUT2D eigenvalue weighted by atomic mass is 15.4. The van der Waals surface area contributed by atoms with Gasteiger partial charge in [-0.05, 0) is 19.3 Å². The molecule has 0 aromatic carbocycles. The Kier molecular flexibility index (Phi) is 14.0. The number of hydrogen-bond donors (Lipinski definition) is 0. The van der Waals surface area contributed by atoms with E-state index in [2.05, 4.69) is 43.1 Å². The Morgan fingerprint density at radius 2 is 1.08 bits per heavy atom. The maximum absolute atomic E-state index is 2.59. The van der Waals surface area contributed by atoms with Crippen molar-refractivity contribution in [1.29, 1.82) is 0 Å². The van der Waals surface area contributed by atoms with Crippen LogP contribution in [0.4, 0.5) is 0 Å². The molecule has 1 atom stereocenters. The lowest BCUT2D eigenvalue weighted by Crippen LogP contribution is -2.37. The third-order valence-electron chi connectivity index (χ3n) is 5.68. The zero-order valence-corrected chi connectivity index (χ0v) is 17.6. The second-order valence-corrected chi connectivity index (χ2v) is 8.07. The first kappa shape index (κ1) is 22.4. The zero-order valence-electron chi connectivity index (χ0n) is 17.6. The predicted octanol–water partition coefficient (Wildman–Crippen LogP) is 7.31. The fraction of sp³-hybridized carbons (Fsp3) is 0.913. The van der Waals surface area contributed by atoms with Gasteiger partial charge in [-0.25, -0.2) is 0 Å². The Morgan fingerprint density at radius 3 is 1.64 bits per heavy atom. The third-order valence-corrected chi connectivity index (χ3v) is 5.68. The van der Waals surface area contributed by atoms with Crippen molar-refractivity contribution in [1.82, 2.24) is 9.80 Å². The standard InChI is InChI=1S/C23H46N2/c1-4-6-8-10-12-13-14-15-17-19-23-24(3)21-22-25(23)20-18-16-11-9-7-5-2/h21-23H,4-20H2,1-3H3. The summed E-state index contributed by atoms with van der Waals surface area (Å²) in [7, 11) is 2.25. The summed E-state index contributed by atoms with van der Waals surface area (Å²) < 4.78 is 0. The first-order chi connectivity index (χ1) is 12.3. The quantitative estimate of drug-likeness (QED) is 0.254. The highest BCUT2D eigenvalue weighted by Crippen LogP contribution is 2.21. The third kappa shape index (κ3) is 10.8. The smallest absolute Gasteiger partial charge is 0.100 e. The first-order valence-electron chi connectivity index (χ1n) is 11.5. The Balaban J connectivity index is 2.02. The molecule has 0 fully saturated rings. The molecule has 2 heteroatoms. The van der Waals surface area contributed by atoms with Crippen LogP contribution in [0.1, 0.15) is 117 Å². The summed E-state index contributed by atoms with van der Waals surface area (Å²) in [5.74, 6) is 0. The van der Waals surface area contributed by atoms with E-state index in [1.54, 1.807) is 0 Å². The summed E-state index contributed by atoms with van der Waals surface area (Å²) in [6.45, 7) is 5.83. The van der Waals surface area contributed by atoms with E-state index in [1.807, 2.05) is 0 Å². The number of rotatable bonds is 17. The Labute approximate surface area is 159 Å². The number of hydrogen-bond acceptors (Lipinski definition) is 2. The zero-order chi connectivity index (χ0) is 18.2. The van der Waals surface area contributed by atoms with E-state index in [-0.39, 0.29) is 0 Å². The maximum atomic E-state index is 2.59. The molecule has 0 saturated carbocycles. The molecular formula is C23H46N2. The molecule has 25 heavy (non-hydrogen) atoms. The maximum Gasteiger partial charge on any atom is 0.100 e. The molecule has 0 N–H and O–H groups in total. The molecule has 0 aromatic heterocycles. The Bertz CT molecular complexity index is 313. The molecular weight excluding hydrogens is 304 g/mol. The minimum Gasteiger partial charge on any atom is -0.359 e. The van der Waals surface area contributed by atoms with Crippen LogP contribution in [0.15, 0.2) is 12.4 Å². The van der Waals surface area contributed by atoms with Crippen LogP contribution in [0.25, 0.3) is 0 Å². The van der Waals surface area contributed by atoms with Crippen molar-refractivity contribution in [3.8, 4) is 0 Å². The highest BCUT2D eigenvalue weighted by molar-refractivity contribution is 4.95. The van der Waals surface area contributed by atoms with Gasteiger partial charge in [-0.3, -0.25) is 0 Å². The predicted molar refractivity (Wildman–Crippen MR) is 113 cm³/mol. The second kappa shape index (κ2) is 15.6. The van der Waals surface area contributed by atoms with E-state index in [0.29, 0.717) is 6.17 Å². The molecule has 0 bridgehead atoms. The van der Waals surface area contributed by atoms with Crippen molar-refractivity contribution in [3.05, 3.63) is 12.4 Å². The van der Waals surface area contributed by atoms with Gasteiger partial charge in [0.2, 0.25) is 0 Å². The molecule has 2 nitrogen and oxygen atoms in total. The fourth-order valence-corrected chi connectivity index (χ4v) is 3.93. The normalized spacial score (nSPS) is 17.0. The topological polar surface area (TPSA) is 6.48 Å². The summed E-state index contributed by atoms with van der Waals surface area (Å²) in [6.07, 6.45) is 27.7. The lowest BCUT2D eigenvalue weighted by atomic mass is 10.1. The van der Waals surface area contributed by atoms with Crippen LogP contribution in [0, 0.1) is 0 Å². The first-order valence-corrected chi connectivity index (χ1v) is 11.5. The van der Waals surface area contributed by atoms with E-state index in [9.17, 15) is 0 Å². The molecule has 0 saturated heterocycles. The van der Waals surface area contributed by atoms with Crippen LogP contribution in [0.3, 0.4) is 0 Å². The summed E-state index contributed by atoms with van der Waals surface area (Å²) >= 11 is 0. The van der Waals surface area contributed by atoms with Gasteiger partial charge in [0.1, 0.15) is 6.17 Å². The average molecular weight is 351 g/mol. The van der Waals surface area contributed by atoms with Gasteiger partial charge in [-0.2, -0.15) is 0 Å². The van der Waals surface area contributed by atoms with Gasteiger partial charge in [-0.15, -0.1) is 0 Å². The molecule has 1 heterocycles. The molecule has 0 aromatic rings. The van der Waals surface area contributed by atoms with E-state index in [0.717, 1.165) is 0 Å². The van der Waals surface area contributed by atoms with E-state index < -0.39 is 0 Å². The highest BCUT2D eigenvalue weighted by Gasteiger charge is 2.22. The van der Waals surface area contributed by atoms with Crippen molar-refractivity contribution in [3.63, 3.8) is 0 Å². The molecule has 0 aliphatic carbocycles. The summed E-state index contributed by atoms with van der Waals surface area (Å²) in [5.41, 5.74) is 0. The van der Waals surface area contributed by atoms with Gasteiger partial charge in [0.15, 0.2) is 0 Å². The minimum absolute atomic E-state index is 0.625. The monoisotopic (exact) mass is 350 g/mol. The van der Waals surface area contributed by atoms with Crippen LogP contribution in [0.2, 0.25) is 0 Å². The largest absolute Gasteiger partial charge is 0.359 e. The van der Waals surface area contributed by atoms with E-state index >= 15 is 0 Å². The average Bonchev–Trinajstić information content (AvgIpc) is 2.96. The molecule has 0 spiro atoms. The molecule has 148 valence electrons. The van der Waals surface area contributed by atoms with Crippen molar-refractivity contribution < 1.29 is 0 Å². The molecule has 1 unspecified atom stereocenters. The van der Waals surface area contributed by atoms with E-state index in [1.165, 1.54) is 109 Å². The van der Waals surface area contributed by atoms with Gasteiger partial charge in [-0.1, -0.05) is 97.3 Å². The van der Waals surface area contributed by atoms with Crippen molar-refractivity contribution in [2.45, 2.75) is 123 Å². The van der Waals surface area contributed by atoms with Crippen LogP contribution in [0.5, 0.6) is 0 Å². The van der Waals surface area contributed by atoms with Crippen LogP contribution in [-0.2, 0) is 0 Å². The van der Waals surface area contributed by atoms with Gasteiger partial charge >= 0.3 is 0 Å². The SMILES string of the molecule is CCCCCCCCCCCC1N(C)C=CN1CCCCCCCC. The fourth-order valence-electron chi connectivity index (χ4n) is 3.93. The van der Waals surface area contributed by atoms with Crippen molar-refractivity contribution >= 4 is 0 Å². The lowest BCUT2D eigenvalue weighted by molar-refractivity contribution is 0.159. The summed E-state index contributed by atoms with van der Waals surface area (Å²) in [5, 5.41) is 0. The van der Waals surface area contributed by atoms with E-state index in [4.69, 9.17) is 0 Å². The summed E-state index contributed by atoms with van der Waals surface area (Å²) in [6, 6.07) is 0. The Hall–Kier alpha value is -0.660. The molecule has 0 radical (unpaired) electrons. The number of unbranched alkanes of at least 4 members (excludes halogenated alkanes) is 13. The molecule has 1 aliphatic heterocycles. The Morgan fingerprint density at radius 1 is 0.600 bits per heavy atom. The van der Waals surface area contributed by atoms with Crippen LogP contribution in [-0.4, -0.2) is 29.6 Å². The summed E-state index contributed by atoms with van der Waals surface area (Å²) in [4.78, 5) is 5.01.